The van der Waals surface area contributed by atoms with E-state index in [0.29, 0.717) is 22.6 Å². The number of hydrogen-bond donors (Lipinski definition) is 2. The Hall–Kier alpha value is -3.85. The van der Waals surface area contributed by atoms with Gasteiger partial charge in [0.25, 0.3) is 5.91 Å². The van der Waals surface area contributed by atoms with Crippen molar-refractivity contribution >= 4 is 17.4 Å². The first-order valence-electron chi connectivity index (χ1n) is 8.82. The van der Waals surface area contributed by atoms with Crippen LogP contribution in [0.2, 0.25) is 0 Å². The van der Waals surface area contributed by atoms with Gasteiger partial charge in [-0.2, -0.15) is 5.26 Å². The standard InChI is InChI=1S/C22H20N4O2/c1-28-20-8-5-16(6-9-20)11-12-24-21-10-7-18(15-25-21)22(27)26-19-4-2-3-17(13-19)14-23/h2-10,13,15H,11-12H2,1H3,(H,24,25)(H,26,27). The Labute approximate surface area is 163 Å². The minimum Gasteiger partial charge on any atom is -0.497 e. The SMILES string of the molecule is COc1ccc(CCNc2ccc(C(=O)Nc3cccc(C#N)c3)cn2)cc1. The number of methoxy groups -OCH3 is 1. The summed E-state index contributed by atoms with van der Waals surface area (Å²) >= 11 is 0. The zero-order valence-corrected chi connectivity index (χ0v) is 15.5. The van der Waals surface area contributed by atoms with Gasteiger partial charge in [0.05, 0.1) is 24.3 Å². The molecule has 0 spiro atoms. The van der Waals surface area contributed by atoms with E-state index in [4.69, 9.17) is 10.00 Å². The number of rotatable bonds is 7. The van der Waals surface area contributed by atoms with Gasteiger partial charge in [-0.15, -0.1) is 0 Å². The van der Waals surface area contributed by atoms with E-state index in [1.54, 1.807) is 43.5 Å². The van der Waals surface area contributed by atoms with Crippen LogP contribution < -0.4 is 15.4 Å². The van der Waals surface area contributed by atoms with Crippen LogP contribution in [0.25, 0.3) is 0 Å². The fourth-order valence-electron chi connectivity index (χ4n) is 2.63. The Morgan fingerprint density at radius 3 is 2.64 bits per heavy atom. The van der Waals surface area contributed by atoms with E-state index in [0.717, 1.165) is 18.7 Å². The zero-order valence-electron chi connectivity index (χ0n) is 15.5. The summed E-state index contributed by atoms with van der Waals surface area (Å²) in [6.45, 7) is 0.728. The number of nitriles is 1. The van der Waals surface area contributed by atoms with Crippen molar-refractivity contribution in [3.05, 3.63) is 83.6 Å². The lowest BCUT2D eigenvalue weighted by molar-refractivity contribution is 0.102. The third-order valence-electron chi connectivity index (χ3n) is 4.15. The summed E-state index contributed by atoms with van der Waals surface area (Å²) in [5.74, 6) is 1.27. The van der Waals surface area contributed by atoms with Crippen molar-refractivity contribution < 1.29 is 9.53 Å². The Bertz CT molecular complexity index is 977. The molecule has 140 valence electrons. The van der Waals surface area contributed by atoms with Crippen LogP contribution in [0.4, 0.5) is 11.5 Å². The quantitative estimate of drug-likeness (QED) is 0.657. The van der Waals surface area contributed by atoms with E-state index in [1.807, 2.05) is 30.3 Å². The molecule has 2 N–H and O–H groups in total. The second kappa shape index (κ2) is 9.19. The van der Waals surface area contributed by atoms with Crippen LogP contribution in [0.3, 0.4) is 0 Å². The Morgan fingerprint density at radius 1 is 1.14 bits per heavy atom. The first-order valence-corrected chi connectivity index (χ1v) is 8.82. The second-order valence-corrected chi connectivity index (χ2v) is 6.10. The van der Waals surface area contributed by atoms with Gasteiger partial charge >= 0.3 is 0 Å². The largest absolute Gasteiger partial charge is 0.497 e. The number of carbonyl (C=O) groups excluding carboxylic acids is 1. The monoisotopic (exact) mass is 372 g/mol. The molecule has 0 bridgehead atoms. The third-order valence-corrected chi connectivity index (χ3v) is 4.15. The summed E-state index contributed by atoms with van der Waals surface area (Å²) in [4.78, 5) is 16.6. The van der Waals surface area contributed by atoms with Gasteiger partial charge in [0.2, 0.25) is 0 Å². The number of carbonyl (C=O) groups is 1. The highest BCUT2D eigenvalue weighted by Gasteiger charge is 2.07. The van der Waals surface area contributed by atoms with Gasteiger partial charge in [-0.3, -0.25) is 4.79 Å². The molecular formula is C22H20N4O2. The normalized spacial score (nSPS) is 10.0. The summed E-state index contributed by atoms with van der Waals surface area (Å²) < 4.78 is 5.15. The van der Waals surface area contributed by atoms with E-state index < -0.39 is 0 Å². The Balaban J connectivity index is 1.52. The van der Waals surface area contributed by atoms with Gasteiger partial charge in [-0.1, -0.05) is 18.2 Å². The molecule has 3 rings (SSSR count). The van der Waals surface area contributed by atoms with Gasteiger partial charge in [0.15, 0.2) is 0 Å². The van der Waals surface area contributed by atoms with Crippen LogP contribution in [0.1, 0.15) is 21.5 Å². The topological polar surface area (TPSA) is 87.0 Å². The summed E-state index contributed by atoms with van der Waals surface area (Å²) in [6, 6.07) is 20.2. The molecule has 1 heterocycles. The second-order valence-electron chi connectivity index (χ2n) is 6.10. The molecule has 2 aromatic carbocycles. The Kier molecular flexibility index (Phi) is 6.21. The lowest BCUT2D eigenvalue weighted by Crippen LogP contribution is -2.13. The lowest BCUT2D eigenvalue weighted by atomic mass is 10.1. The van der Waals surface area contributed by atoms with Crippen molar-refractivity contribution in [1.82, 2.24) is 4.98 Å². The highest BCUT2D eigenvalue weighted by molar-refractivity contribution is 6.04. The van der Waals surface area contributed by atoms with Crippen molar-refractivity contribution in [2.45, 2.75) is 6.42 Å². The average Bonchev–Trinajstić information content (AvgIpc) is 2.75. The zero-order chi connectivity index (χ0) is 19.8. The van der Waals surface area contributed by atoms with Crippen molar-refractivity contribution in [3.8, 4) is 11.8 Å². The van der Waals surface area contributed by atoms with Crippen molar-refractivity contribution in [2.24, 2.45) is 0 Å². The molecule has 0 aliphatic heterocycles. The highest BCUT2D eigenvalue weighted by Crippen LogP contribution is 2.14. The molecule has 1 aromatic heterocycles. The molecule has 0 saturated heterocycles. The van der Waals surface area contributed by atoms with Gasteiger partial charge in [0, 0.05) is 18.4 Å². The third kappa shape index (κ3) is 5.08. The Morgan fingerprint density at radius 2 is 1.96 bits per heavy atom. The summed E-state index contributed by atoms with van der Waals surface area (Å²) in [7, 11) is 1.65. The van der Waals surface area contributed by atoms with Crippen LogP contribution in [0.5, 0.6) is 5.75 Å². The fraction of sp³-hybridized carbons (Fsp3) is 0.136. The number of hydrogen-bond acceptors (Lipinski definition) is 5. The molecule has 28 heavy (non-hydrogen) atoms. The number of benzene rings is 2. The van der Waals surface area contributed by atoms with Crippen molar-refractivity contribution in [1.29, 1.82) is 5.26 Å². The van der Waals surface area contributed by atoms with Crippen molar-refractivity contribution in [3.63, 3.8) is 0 Å². The van der Waals surface area contributed by atoms with E-state index in [2.05, 4.69) is 15.6 Å². The van der Waals surface area contributed by atoms with Gasteiger partial charge in [0.1, 0.15) is 11.6 Å². The summed E-state index contributed by atoms with van der Waals surface area (Å²) in [5, 5.41) is 14.9. The maximum absolute atomic E-state index is 12.3. The molecule has 6 heteroatoms. The number of anilines is 2. The van der Waals surface area contributed by atoms with E-state index >= 15 is 0 Å². The molecule has 1 amide bonds. The number of nitrogens with zero attached hydrogens (tertiary/aromatic N) is 2. The molecule has 0 saturated carbocycles. The van der Waals surface area contributed by atoms with Gasteiger partial charge in [-0.05, 0) is 54.4 Å². The molecule has 0 aliphatic carbocycles. The van der Waals surface area contributed by atoms with Crippen LogP contribution in [0.15, 0.2) is 66.9 Å². The lowest BCUT2D eigenvalue weighted by Gasteiger charge is -2.08. The summed E-state index contributed by atoms with van der Waals surface area (Å²) in [6.07, 6.45) is 2.38. The number of aromatic nitrogens is 1. The van der Waals surface area contributed by atoms with Gasteiger partial charge < -0.3 is 15.4 Å². The number of ether oxygens (including phenoxy) is 1. The molecule has 0 aliphatic rings. The van der Waals surface area contributed by atoms with Gasteiger partial charge in [-0.25, -0.2) is 4.98 Å². The highest BCUT2D eigenvalue weighted by atomic mass is 16.5. The number of nitrogens with one attached hydrogen (secondary N) is 2. The maximum atomic E-state index is 12.3. The maximum Gasteiger partial charge on any atom is 0.257 e. The first-order chi connectivity index (χ1) is 13.7. The molecule has 0 radical (unpaired) electrons. The minimum absolute atomic E-state index is 0.271. The molecule has 0 fully saturated rings. The van der Waals surface area contributed by atoms with Crippen molar-refractivity contribution in [2.75, 3.05) is 24.3 Å². The predicted molar refractivity (Wildman–Crippen MR) is 109 cm³/mol. The fourth-order valence-corrected chi connectivity index (χ4v) is 2.63. The smallest absolute Gasteiger partial charge is 0.257 e. The predicted octanol–water partition coefficient (Wildman–Crippen LogP) is 3.87. The molecule has 3 aromatic rings. The van der Waals surface area contributed by atoms with Crippen LogP contribution in [-0.2, 0) is 6.42 Å². The number of amides is 1. The minimum atomic E-state index is -0.271. The average molecular weight is 372 g/mol. The molecule has 6 nitrogen and oxygen atoms in total. The molecule has 0 unspecified atom stereocenters. The molecular weight excluding hydrogens is 352 g/mol. The van der Waals surface area contributed by atoms with E-state index in [-0.39, 0.29) is 5.91 Å². The number of pyridine rings is 1. The van der Waals surface area contributed by atoms with E-state index in [9.17, 15) is 4.79 Å². The van der Waals surface area contributed by atoms with E-state index in [1.165, 1.54) is 11.8 Å². The van der Waals surface area contributed by atoms with Crippen LogP contribution >= 0.6 is 0 Å². The first kappa shape index (κ1) is 18.9. The van der Waals surface area contributed by atoms with Crippen LogP contribution in [0, 0.1) is 11.3 Å². The molecule has 0 atom stereocenters. The van der Waals surface area contributed by atoms with Crippen LogP contribution in [-0.4, -0.2) is 24.5 Å². The summed E-state index contributed by atoms with van der Waals surface area (Å²) in [5.41, 5.74) is 2.71.